The van der Waals surface area contributed by atoms with E-state index in [1.54, 1.807) is 0 Å². The smallest absolute Gasteiger partial charge is 0.309 e. The zero-order chi connectivity index (χ0) is 14.5. The second-order valence-corrected chi connectivity index (χ2v) is 4.40. The van der Waals surface area contributed by atoms with E-state index in [1.165, 1.54) is 0 Å². The molecule has 0 heterocycles. The largest absolute Gasteiger partial charge is 0.418 e. The molecule has 0 unspecified atom stereocenters. The van der Waals surface area contributed by atoms with Gasteiger partial charge in [-0.1, -0.05) is 39.5 Å². The summed E-state index contributed by atoms with van der Waals surface area (Å²) in [6.45, 7) is 4.05. The predicted octanol–water partition coefficient (Wildman–Crippen LogP) is 2.76. The molecule has 0 aromatic heterocycles. The van der Waals surface area contributed by atoms with Gasteiger partial charge in [0.15, 0.2) is 0 Å². The number of esters is 2. The number of ether oxygens (including phenoxy) is 2. The SMILES string of the molecule is CCCCCC(=O)OC(C=O)OC(=O)CCCCC. The lowest BCUT2D eigenvalue weighted by molar-refractivity contribution is -0.187. The molecule has 0 atom stereocenters. The Morgan fingerprint density at radius 1 is 0.895 bits per heavy atom. The lowest BCUT2D eigenvalue weighted by atomic mass is 10.2. The van der Waals surface area contributed by atoms with Gasteiger partial charge in [0.05, 0.1) is 0 Å². The Morgan fingerprint density at radius 2 is 1.32 bits per heavy atom. The van der Waals surface area contributed by atoms with Crippen molar-refractivity contribution >= 4 is 18.2 Å². The molecular formula is C14H24O5. The first-order chi connectivity index (χ1) is 9.13. The monoisotopic (exact) mass is 272 g/mol. The first kappa shape index (κ1) is 17.6. The minimum atomic E-state index is -1.40. The first-order valence-electron chi connectivity index (χ1n) is 6.98. The summed E-state index contributed by atoms with van der Waals surface area (Å²) in [6.07, 6.45) is 4.69. The van der Waals surface area contributed by atoms with Crippen LogP contribution in [0, 0.1) is 0 Å². The summed E-state index contributed by atoms with van der Waals surface area (Å²) < 4.78 is 9.55. The van der Waals surface area contributed by atoms with Crippen molar-refractivity contribution in [3.05, 3.63) is 0 Å². The van der Waals surface area contributed by atoms with Crippen molar-refractivity contribution in [3.8, 4) is 0 Å². The van der Waals surface area contributed by atoms with Crippen LogP contribution in [0.1, 0.15) is 65.2 Å². The van der Waals surface area contributed by atoms with Gasteiger partial charge in [-0.3, -0.25) is 14.4 Å². The fourth-order valence-electron chi connectivity index (χ4n) is 1.50. The molecule has 0 N–H and O–H groups in total. The number of rotatable bonds is 11. The van der Waals surface area contributed by atoms with Crippen LogP contribution < -0.4 is 0 Å². The third kappa shape index (κ3) is 10.2. The van der Waals surface area contributed by atoms with E-state index in [2.05, 4.69) is 0 Å². The van der Waals surface area contributed by atoms with Crippen molar-refractivity contribution in [2.45, 2.75) is 71.5 Å². The van der Waals surface area contributed by atoms with Crippen molar-refractivity contribution in [3.63, 3.8) is 0 Å². The standard InChI is InChI=1S/C14H24O5/c1-3-5-7-9-12(16)18-14(11-15)19-13(17)10-8-6-4-2/h11,14H,3-10H2,1-2H3. The van der Waals surface area contributed by atoms with E-state index in [4.69, 9.17) is 9.47 Å². The number of hydrogen-bond donors (Lipinski definition) is 0. The zero-order valence-electron chi connectivity index (χ0n) is 11.9. The fraction of sp³-hybridized carbons (Fsp3) is 0.786. The summed E-state index contributed by atoms with van der Waals surface area (Å²) in [4.78, 5) is 33.4. The van der Waals surface area contributed by atoms with Crippen LogP contribution in [0.4, 0.5) is 0 Å². The highest BCUT2D eigenvalue weighted by atomic mass is 16.7. The molecule has 0 aliphatic heterocycles. The number of carbonyl (C=O) groups is 3. The van der Waals surface area contributed by atoms with Gasteiger partial charge in [-0.15, -0.1) is 0 Å². The summed E-state index contributed by atoms with van der Waals surface area (Å²) >= 11 is 0. The van der Waals surface area contributed by atoms with Gasteiger partial charge in [0, 0.05) is 12.8 Å². The average molecular weight is 272 g/mol. The average Bonchev–Trinajstić information content (AvgIpc) is 2.38. The van der Waals surface area contributed by atoms with Gasteiger partial charge >= 0.3 is 18.2 Å². The molecule has 0 aliphatic carbocycles. The van der Waals surface area contributed by atoms with Gasteiger partial charge in [0.1, 0.15) is 0 Å². The second kappa shape index (κ2) is 11.7. The van der Waals surface area contributed by atoms with Crippen LogP contribution in [-0.2, 0) is 23.9 Å². The van der Waals surface area contributed by atoms with Crippen LogP contribution in [0.5, 0.6) is 0 Å². The lowest BCUT2D eigenvalue weighted by Gasteiger charge is -2.12. The highest BCUT2D eigenvalue weighted by Crippen LogP contribution is 2.05. The molecule has 5 nitrogen and oxygen atoms in total. The molecular weight excluding hydrogens is 248 g/mol. The predicted molar refractivity (Wildman–Crippen MR) is 70.3 cm³/mol. The van der Waals surface area contributed by atoms with Gasteiger partial charge in [-0.05, 0) is 12.8 Å². The normalized spacial score (nSPS) is 10.3. The number of unbranched alkanes of at least 4 members (excludes halogenated alkanes) is 4. The molecule has 0 rings (SSSR count). The van der Waals surface area contributed by atoms with Gasteiger partial charge in [0.25, 0.3) is 0 Å². The maximum atomic E-state index is 11.4. The van der Waals surface area contributed by atoms with E-state index >= 15 is 0 Å². The number of aldehydes is 1. The van der Waals surface area contributed by atoms with Gasteiger partial charge in [0.2, 0.25) is 6.29 Å². The highest BCUT2D eigenvalue weighted by molar-refractivity contribution is 5.75. The Kier molecular flexibility index (Phi) is 10.8. The van der Waals surface area contributed by atoms with Gasteiger partial charge in [-0.2, -0.15) is 0 Å². The van der Waals surface area contributed by atoms with Crippen LogP contribution in [0.3, 0.4) is 0 Å². The lowest BCUT2D eigenvalue weighted by Crippen LogP contribution is -2.25. The van der Waals surface area contributed by atoms with E-state index in [0.29, 0.717) is 19.1 Å². The van der Waals surface area contributed by atoms with Crippen molar-refractivity contribution in [2.24, 2.45) is 0 Å². The van der Waals surface area contributed by atoms with E-state index in [-0.39, 0.29) is 12.8 Å². The topological polar surface area (TPSA) is 69.7 Å². The van der Waals surface area contributed by atoms with Gasteiger partial charge < -0.3 is 9.47 Å². The van der Waals surface area contributed by atoms with Crippen molar-refractivity contribution < 1.29 is 23.9 Å². The van der Waals surface area contributed by atoms with Crippen LogP contribution in [-0.4, -0.2) is 24.5 Å². The quantitative estimate of drug-likeness (QED) is 0.250. The highest BCUT2D eigenvalue weighted by Gasteiger charge is 2.17. The Hall–Kier alpha value is -1.39. The Labute approximate surface area is 114 Å². The van der Waals surface area contributed by atoms with E-state index in [0.717, 1.165) is 25.7 Å². The Balaban J connectivity index is 3.89. The minimum absolute atomic E-state index is 0.242. The molecule has 0 aromatic rings. The summed E-state index contributed by atoms with van der Waals surface area (Å²) in [7, 11) is 0. The molecule has 0 radical (unpaired) electrons. The molecule has 0 aromatic carbocycles. The fourth-order valence-corrected chi connectivity index (χ4v) is 1.50. The van der Waals surface area contributed by atoms with Crippen molar-refractivity contribution in [1.29, 1.82) is 0 Å². The molecule has 0 amide bonds. The molecule has 5 heteroatoms. The third-order valence-electron chi connectivity index (χ3n) is 2.58. The molecule has 0 aliphatic rings. The zero-order valence-corrected chi connectivity index (χ0v) is 11.9. The van der Waals surface area contributed by atoms with Crippen molar-refractivity contribution in [2.75, 3.05) is 0 Å². The van der Waals surface area contributed by atoms with E-state index < -0.39 is 18.2 Å². The maximum absolute atomic E-state index is 11.4. The molecule has 0 bridgehead atoms. The first-order valence-corrected chi connectivity index (χ1v) is 6.98. The van der Waals surface area contributed by atoms with E-state index in [1.807, 2.05) is 13.8 Å². The molecule has 110 valence electrons. The number of hydrogen-bond acceptors (Lipinski definition) is 5. The molecule has 0 spiro atoms. The van der Waals surface area contributed by atoms with Crippen LogP contribution in [0.25, 0.3) is 0 Å². The Morgan fingerprint density at radius 3 is 1.63 bits per heavy atom. The third-order valence-corrected chi connectivity index (χ3v) is 2.58. The molecule has 0 saturated heterocycles. The molecule has 0 fully saturated rings. The van der Waals surface area contributed by atoms with E-state index in [9.17, 15) is 14.4 Å². The minimum Gasteiger partial charge on any atom is -0.418 e. The number of carbonyl (C=O) groups excluding carboxylic acids is 3. The molecule has 0 saturated carbocycles. The summed E-state index contributed by atoms with van der Waals surface area (Å²) in [5, 5.41) is 0. The molecule has 19 heavy (non-hydrogen) atoms. The summed E-state index contributed by atoms with van der Waals surface area (Å²) in [5.74, 6) is -1.01. The second-order valence-electron chi connectivity index (χ2n) is 4.40. The summed E-state index contributed by atoms with van der Waals surface area (Å²) in [6, 6.07) is 0. The maximum Gasteiger partial charge on any atom is 0.309 e. The van der Waals surface area contributed by atoms with Crippen LogP contribution in [0.2, 0.25) is 0 Å². The Bertz CT molecular complexity index is 251. The van der Waals surface area contributed by atoms with Crippen molar-refractivity contribution in [1.82, 2.24) is 0 Å². The van der Waals surface area contributed by atoms with Crippen LogP contribution >= 0.6 is 0 Å². The van der Waals surface area contributed by atoms with Gasteiger partial charge in [-0.25, -0.2) is 0 Å². The van der Waals surface area contributed by atoms with Crippen LogP contribution in [0.15, 0.2) is 0 Å². The summed E-state index contributed by atoms with van der Waals surface area (Å²) in [5.41, 5.74) is 0.